The summed E-state index contributed by atoms with van der Waals surface area (Å²) in [5, 5.41) is 3.72. The van der Waals surface area contributed by atoms with Gasteiger partial charge in [0.05, 0.1) is 19.4 Å². The molecule has 2 aromatic rings. The highest BCUT2D eigenvalue weighted by Gasteiger charge is 2.43. The van der Waals surface area contributed by atoms with Crippen LogP contribution < -0.4 is 4.90 Å². The van der Waals surface area contributed by atoms with E-state index < -0.39 is 0 Å². The number of aryl methyl sites for hydroxylation is 1. The summed E-state index contributed by atoms with van der Waals surface area (Å²) in [5.41, 5.74) is 0.425. The van der Waals surface area contributed by atoms with Crippen molar-refractivity contribution in [3.05, 3.63) is 36.0 Å². The zero-order valence-electron chi connectivity index (χ0n) is 14.2. The molecule has 0 radical (unpaired) electrons. The summed E-state index contributed by atoms with van der Waals surface area (Å²) in [4.78, 5) is 25.6. The fourth-order valence-corrected chi connectivity index (χ4v) is 3.65. The third kappa shape index (κ3) is 3.09. The molecule has 0 aliphatic carbocycles. The Morgan fingerprint density at radius 3 is 2.84 bits per heavy atom. The molecule has 1 spiro atoms. The normalized spacial score (nSPS) is 23.9. The number of aromatic nitrogens is 3. The van der Waals surface area contributed by atoms with Crippen molar-refractivity contribution < 1.29 is 14.1 Å². The van der Waals surface area contributed by atoms with E-state index in [-0.39, 0.29) is 11.3 Å². The number of carbonyl (C=O) groups is 1. The summed E-state index contributed by atoms with van der Waals surface area (Å²) < 4.78 is 10.9. The van der Waals surface area contributed by atoms with Crippen LogP contribution >= 0.6 is 0 Å². The lowest BCUT2D eigenvalue weighted by Crippen LogP contribution is -2.43. The van der Waals surface area contributed by atoms with Crippen molar-refractivity contribution >= 4 is 11.9 Å². The second kappa shape index (κ2) is 6.44. The summed E-state index contributed by atoms with van der Waals surface area (Å²) in [7, 11) is 0. The molecule has 8 heteroatoms. The molecule has 25 heavy (non-hydrogen) atoms. The molecule has 0 bridgehead atoms. The molecule has 2 aromatic heterocycles. The van der Waals surface area contributed by atoms with Gasteiger partial charge in [-0.25, -0.2) is 9.97 Å². The largest absolute Gasteiger partial charge is 0.379 e. The predicted molar refractivity (Wildman–Crippen MR) is 89.3 cm³/mol. The molecule has 2 fully saturated rings. The zero-order chi connectivity index (χ0) is 17.3. The first kappa shape index (κ1) is 16.0. The van der Waals surface area contributed by atoms with Gasteiger partial charge in [0.2, 0.25) is 5.95 Å². The second-order valence-electron chi connectivity index (χ2n) is 6.80. The van der Waals surface area contributed by atoms with Gasteiger partial charge in [-0.15, -0.1) is 0 Å². The smallest absolute Gasteiger partial charge is 0.259 e. The van der Waals surface area contributed by atoms with Crippen molar-refractivity contribution in [1.29, 1.82) is 0 Å². The van der Waals surface area contributed by atoms with E-state index in [9.17, 15) is 4.79 Å². The van der Waals surface area contributed by atoms with E-state index in [1.165, 1.54) is 6.20 Å². The van der Waals surface area contributed by atoms with Gasteiger partial charge in [0.25, 0.3) is 5.91 Å². The molecule has 2 aliphatic heterocycles. The molecule has 0 saturated carbocycles. The van der Waals surface area contributed by atoms with Crippen molar-refractivity contribution in [1.82, 2.24) is 20.0 Å². The SMILES string of the molecule is Cc1oncc1C(=O)N1CCOCC2(CCN(c3ncccn3)C2)C1. The minimum Gasteiger partial charge on any atom is -0.379 e. The first-order valence-electron chi connectivity index (χ1n) is 8.47. The summed E-state index contributed by atoms with van der Waals surface area (Å²) in [6, 6.07) is 1.81. The molecule has 2 saturated heterocycles. The molecule has 0 aromatic carbocycles. The predicted octanol–water partition coefficient (Wildman–Crippen LogP) is 1.14. The van der Waals surface area contributed by atoms with Crippen molar-refractivity contribution in [3.8, 4) is 0 Å². The molecule has 1 unspecified atom stereocenters. The Bertz CT molecular complexity index is 750. The van der Waals surface area contributed by atoms with Gasteiger partial charge in [0, 0.05) is 44.0 Å². The highest BCUT2D eigenvalue weighted by atomic mass is 16.5. The maximum Gasteiger partial charge on any atom is 0.259 e. The van der Waals surface area contributed by atoms with Gasteiger partial charge in [-0.2, -0.15) is 0 Å². The van der Waals surface area contributed by atoms with Crippen LogP contribution in [0.2, 0.25) is 0 Å². The number of anilines is 1. The number of rotatable bonds is 2. The maximum atomic E-state index is 12.9. The maximum absolute atomic E-state index is 12.9. The van der Waals surface area contributed by atoms with Crippen LogP contribution in [0, 0.1) is 12.3 Å². The number of carbonyl (C=O) groups excluding carboxylic acids is 1. The number of hydrogen-bond donors (Lipinski definition) is 0. The fraction of sp³-hybridized carbons (Fsp3) is 0.529. The molecule has 2 aliphatic rings. The van der Waals surface area contributed by atoms with E-state index in [1.807, 2.05) is 11.0 Å². The molecule has 1 atom stereocenters. The Morgan fingerprint density at radius 1 is 1.24 bits per heavy atom. The van der Waals surface area contributed by atoms with Crippen LogP contribution in [0.5, 0.6) is 0 Å². The molecule has 4 heterocycles. The highest BCUT2D eigenvalue weighted by molar-refractivity contribution is 5.94. The van der Waals surface area contributed by atoms with Gasteiger partial charge in [-0.05, 0) is 19.4 Å². The van der Waals surface area contributed by atoms with Gasteiger partial charge in [0.1, 0.15) is 11.3 Å². The molecule has 0 N–H and O–H groups in total. The van der Waals surface area contributed by atoms with Gasteiger partial charge >= 0.3 is 0 Å². The second-order valence-corrected chi connectivity index (χ2v) is 6.80. The third-order valence-corrected chi connectivity index (χ3v) is 4.98. The van der Waals surface area contributed by atoms with E-state index in [2.05, 4.69) is 20.0 Å². The number of nitrogens with zero attached hydrogens (tertiary/aromatic N) is 5. The number of ether oxygens (including phenoxy) is 1. The summed E-state index contributed by atoms with van der Waals surface area (Å²) in [6.07, 6.45) is 5.94. The van der Waals surface area contributed by atoms with E-state index in [0.29, 0.717) is 37.6 Å². The van der Waals surface area contributed by atoms with E-state index in [4.69, 9.17) is 9.26 Å². The molecule has 8 nitrogen and oxygen atoms in total. The van der Waals surface area contributed by atoms with Crippen LogP contribution in [0.4, 0.5) is 5.95 Å². The van der Waals surface area contributed by atoms with Gasteiger partial charge in [-0.1, -0.05) is 5.16 Å². The zero-order valence-corrected chi connectivity index (χ0v) is 14.2. The van der Waals surface area contributed by atoms with Crippen LogP contribution in [0.3, 0.4) is 0 Å². The summed E-state index contributed by atoms with van der Waals surface area (Å²) >= 11 is 0. The minimum absolute atomic E-state index is 0.0435. The quantitative estimate of drug-likeness (QED) is 0.808. The fourth-order valence-electron chi connectivity index (χ4n) is 3.65. The van der Waals surface area contributed by atoms with Crippen LogP contribution in [-0.2, 0) is 4.74 Å². The number of hydrogen-bond acceptors (Lipinski definition) is 7. The molecular formula is C17H21N5O3. The Morgan fingerprint density at radius 2 is 2.08 bits per heavy atom. The lowest BCUT2D eigenvalue weighted by atomic mass is 9.87. The average Bonchev–Trinajstić information content (AvgIpc) is 3.18. The van der Waals surface area contributed by atoms with Crippen LogP contribution in [0.1, 0.15) is 22.5 Å². The van der Waals surface area contributed by atoms with Crippen LogP contribution in [0.25, 0.3) is 0 Å². The average molecular weight is 343 g/mol. The third-order valence-electron chi connectivity index (χ3n) is 4.98. The number of amides is 1. The van der Waals surface area contributed by atoms with Crippen molar-refractivity contribution in [2.24, 2.45) is 5.41 Å². The van der Waals surface area contributed by atoms with E-state index in [0.717, 1.165) is 25.5 Å². The van der Waals surface area contributed by atoms with Crippen molar-refractivity contribution in [3.63, 3.8) is 0 Å². The van der Waals surface area contributed by atoms with E-state index >= 15 is 0 Å². The summed E-state index contributed by atoms with van der Waals surface area (Å²) in [5.74, 6) is 1.24. The molecule has 132 valence electrons. The highest BCUT2D eigenvalue weighted by Crippen LogP contribution is 2.35. The standard InChI is InChI=1S/C17H21N5O3/c1-13-14(9-20-25-13)15(23)21-7-8-24-12-17(10-21)3-6-22(11-17)16-18-4-2-5-19-16/h2,4-5,9H,3,6-8,10-12H2,1H3. The molecular weight excluding hydrogens is 322 g/mol. The van der Waals surface area contributed by atoms with Crippen molar-refractivity contribution in [2.45, 2.75) is 13.3 Å². The summed E-state index contributed by atoms with van der Waals surface area (Å²) in [6.45, 7) is 5.81. The van der Waals surface area contributed by atoms with Crippen LogP contribution in [-0.4, -0.2) is 65.3 Å². The first-order valence-corrected chi connectivity index (χ1v) is 8.47. The first-order chi connectivity index (χ1) is 12.2. The molecule has 4 rings (SSSR count). The van der Waals surface area contributed by atoms with Gasteiger partial charge in [-0.3, -0.25) is 4.79 Å². The minimum atomic E-state index is -0.101. The van der Waals surface area contributed by atoms with Gasteiger partial charge in [0.15, 0.2) is 0 Å². The lowest BCUT2D eigenvalue weighted by Gasteiger charge is -2.31. The molecule has 1 amide bonds. The Hall–Kier alpha value is -2.48. The van der Waals surface area contributed by atoms with Gasteiger partial charge < -0.3 is 19.1 Å². The Balaban J connectivity index is 1.52. The van der Waals surface area contributed by atoms with E-state index in [1.54, 1.807) is 19.3 Å². The Labute approximate surface area is 145 Å². The lowest BCUT2D eigenvalue weighted by molar-refractivity contribution is 0.0689. The van der Waals surface area contributed by atoms with Crippen molar-refractivity contribution in [2.75, 3.05) is 44.3 Å². The Kier molecular flexibility index (Phi) is 4.12. The van der Waals surface area contributed by atoms with Crippen LogP contribution in [0.15, 0.2) is 29.2 Å². The topological polar surface area (TPSA) is 84.6 Å². The monoisotopic (exact) mass is 343 g/mol.